The lowest BCUT2D eigenvalue weighted by molar-refractivity contribution is -0.117. The molecule has 0 aromatic carbocycles. The fourth-order valence-corrected chi connectivity index (χ4v) is 2.05. The summed E-state index contributed by atoms with van der Waals surface area (Å²) in [6, 6.07) is 0.483. The lowest BCUT2D eigenvalue weighted by Crippen LogP contribution is -2.43. The first-order chi connectivity index (χ1) is 6.09. The molecule has 13 heavy (non-hydrogen) atoms. The summed E-state index contributed by atoms with van der Waals surface area (Å²) < 4.78 is 0. The van der Waals surface area contributed by atoms with Crippen LogP contribution in [-0.2, 0) is 4.79 Å². The van der Waals surface area contributed by atoms with E-state index in [4.69, 9.17) is 5.73 Å². The number of hydrogen-bond donors (Lipinski definition) is 2. The van der Waals surface area contributed by atoms with E-state index in [0.717, 1.165) is 5.92 Å². The fraction of sp³-hybridized carbons (Fsp3) is 0.900. The van der Waals surface area contributed by atoms with E-state index in [9.17, 15) is 4.79 Å². The van der Waals surface area contributed by atoms with Gasteiger partial charge in [0, 0.05) is 6.04 Å². The molecule has 1 amide bonds. The Morgan fingerprint density at radius 2 is 2.15 bits per heavy atom. The highest BCUT2D eigenvalue weighted by Crippen LogP contribution is 2.28. The predicted octanol–water partition coefficient (Wildman–Crippen LogP) is 0.886. The van der Waals surface area contributed by atoms with Gasteiger partial charge in [-0.2, -0.15) is 0 Å². The van der Waals surface area contributed by atoms with Crippen molar-refractivity contribution >= 4 is 5.91 Å². The van der Waals surface area contributed by atoms with Crippen LogP contribution in [0.25, 0.3) is 0 Å². The summed E-state index contributed by atoms with van der Waals surface area (Å²) in [4.78, 5) is 10.6. The zero-order valence-corrected chi connectivity index (χ0v) is 8.55. The Morgan fingerprint density at radius 1 is 1.46 bits per heavy atom. The van der Waals surface area contributed by atoms with Gasteiger partial charge in [-0.15, -0.1) is 0 Å². The van der Waals surface area contributed by atoms with E-state index >= 15 is 0 Å². The zero-order chi connectivity index (χ0) is 9.84. The van der Waals surface area contributed by atoms with Gasteiger partial charge in [0.25, 0.3) is 0 Å². The molecule has 3 N–H and O–H groups in total. The molecule has 0 saturated heterocycles. The molecule has 1 aliphatic rings. The molecular weight excluding hydrogens is 164 g/mol. The van der Waals surface area contributed by atoms with Crippen LogP contribution in [0, 0.1) is 11.8 Å². The van der Waals surface area contributed by atoms with Gasteiger partial charge in [-0.1, -0.05) is 20.3 Å². The van der Waals surface area contributed by atoms with Gasteiger partial charge in [0.05, 0.1) is 6.54 Å². The van der Waals surface area contributed by atoms with Crippen LogP contribution in [0.1, 0.15) is 33.1 Å². The topological polar surface area (TPSA) is 55.1 Å². The zero-order valence-electron chi connectivity index (χ0n) is 8.55. The van der Waals surface area contributed by atoms with Crippen molar-refractivity contribution in [1.82, 2.24) is 5.32 Å². The van der Waals surface area contributed by atoms with Crippen LogP contribution >= 0.6 is 0 Å². The summed E-state index contributed by atoms with van der Waals surface area (Å²) in [6.45, 7) is 4.83. The van der Waals surface area contributed by atoms with E-state index < -0.39 is 0 Å². The van der Waals surface area contributed by atoms with Crippen molar-refractivity contribution in [3.63, 3.8) is 0 Å². The summed E-state index contributed by atoms with van der Waals surface area (Å²) in [6.07, 6.45) is 3.75. The maximum absolute atomic E-state index is 10.6. The van der Waals surface area contributed by atoms with E-state index in [1.54, 1.807) is 0 Å². The summed E-state index contributed by atoms with van der Waals surface area (Å²) in [5.74, 6) is 1.20. The average molecular weight is 184 g/mol. The van der Waals surface area contributed by atoms with Crippen molar-refractivity contribution in [2.24, 2.45) is 17.6 Å². The summed E-state index contributed by atoms with van der Waals surface area (Å²) in [5, 5.41) is 3.23. The number of carbonyl (C=O) groups is 1. The van der Waals surface area contributed by atoms with E-state index in [2.05, 4.69) is 19.2 Å². The minimum atomic E-state index is -0.259. The summed E-state index contributed by atoms with van der Waals surface area (Å²) in [7, 11) is 0. The second-order valence-electron chi connectivity index (χ2n) is 4.35. The molecule has 0 heterocycles. The number of nitrogens with two attached hydrogens (primary N) is 1. The normalized spacial score (nSPS) is 34.5. The average Bonchev–Trinajstić information content (AvgIpc) is 2.06. The molecule has 0 aromatic rings. The molecule has 0 bridgehead atoms. The molecule has 0 aromatic heterocycles. The first-order valence-corrected chi connectivity index (χ1v) is 5.11. The van der Waals surface area contributed by atoms with E-state index in [-0.39, 0.29) is 5.91 Å². The third-order valence-corrected chi connectivity index (χ3v) is 3.00. The van der Waals surface area contributed by atoms with Crippen molar-refractivity contribution in [2.45, 2.75) is 39.2 Å². The van der Waals surface area contributed by atoms with Gasteiger partial charge >= 0.3 is 0 Å². The van der Waals surface area contributed by atoms with Crippen LogP contribution in [0.3, 0.4) is 0 Å². The minimum absolute atomic E-state index is 0.259. The van der Waals surface area contributed by atoms with Crippen LogP contribution in [-0.4, -0.2) is 18.5 Å². The van der Waals surface area contributed by atoms with Crippen molar-refractivity contribution in [1.29, 1.82) is 0 Å². The van der Waals surface area contributed by atoms with Gasteiger partial charge < -0.3 is 11.1 Å². The molecule has 3 heteroatoms. The molecule has 1 saturated carbocycles. The van der Waals surface area contributed by atoms with Crippen molar-refractivity contribution in [2.75, 3.05) is 6.54 Å². The Labute approximate surface area is 80.1 Å². The van der Waals surface area contributed by atoms with Crippen molar-refractivity contribution in [3.05, 3.63) is 0 Å². The lowest BCUT2D eigenvalue weighted by atomic mass is 9.80. The molecule has 1 aliphatic carbocycles. The highest BCUT2D eigenvalue weighted by molar-refractivity contribution is 5.75. The van der Waals surface area contributed by atoms with Gasteiger partial charge in [-0.05, 0) is 24.7 Å². The molecule has 1 rings (SSSR count). The maximum atomic E-state index is 10.6. The molecular formula is C10H20N2O. The van der Waals surface area contributed by atoms with Gasteiger partial charge in [0.15, 0.2) is 0 Å². The van der Waals surface area contributed by atoms with Gasteiger partial charge in [-0.3, -0.25) is 4.79 Å². The molecule has 0 radical (unpaired) electrons. The smallest absolute Gasteiger partial charge is 0.231 e. The predicted molar refractivity (Wildman–Crippen MR) is 53.2 cm³/mol. The Hall–Kier alpha value is -0.570. The number of primary amides is 1. The highest BCUT2D eigenvalue weighted by Gasteiger charge is 2.24. The third-order valence-electron chi connectivity index (χ3n) is 3.00. The largest absolute Gasteiger partial charge is 0.369 e. The number of rotatable bonds is 3. The number of nitrogens with one attached hydrogen (secondary N) is 1. The summed E-state index contributed by atoms with van der Waals surface area (Å²) >= 11 is 0. The van der Waals surface area contributed by atoms with E-state index in [1.807, 2.05) is 0 Å². The monoisotopic (exact) mass is 184 g/mol. The van der Waals surface area contributed by atoms with Crippen LogP contribution < -0.4 is 11.1 Å². The van der Waals surface area contributed by atoms with Crippen LogP contribution in [0.4, 0.5) is 0 Å². The number of carbonyl (C=O) groups excluding carboxylic acids is 1. The van der Waals surface area contributed by atoms with Crippen LogP contribution in [0.15, 0.2) is 0 Å². The first kappa shape index (κ1) is 10.5. The van der Waals surface area contributed by atoms with Crippen LogP contribution in [0.5, 0.6) is 0 Å². The van der Waals surface area contributed by atoms with E-state index in [0.29, 0.717) is 18.5 Å². The first-order valence-electron chi connectivity index (χ1n) is 5.11. The Kier molecular flexibility index (Phi) is 3.72. The van der Waals surface area contributed by atoms with Gasteiger partial charge in [0.2, 0.25) is 5.91 Å². The summed E-state index contributed by atoms with van der Waals surface area (Å²) in [5.41, 5.74) is 5.09. The Morgan fingerprint density at radius 3 is 2.77 bits per heavy atom. The second-order valence-corrected chi connectivity index (χ2v) is 4.35. The quantitative estimate of drug-likeness (QED) is 0.684. The Balaban J connectivity index is 2.33. The van der Waals surface area contributed by atoms with Crippen LogP contribution in [0.2, 0.25) is 0 Å². The molecule has 76 valence electrons. The Bertz CT molecular complexity index is 182. The third kappa shape index (κ3) is 3.35. The molecule has 1 fully saturated rings. The maximum Gasteiger partial charge on any atom is 0.231 e. The molecule has 0 aliphatic heterocycles. The SMILES string of the molecule is CC1CCC(C)C(NCC(N)=O)C1. The van der Waals surface area contributed by atoms with Crippen molar-refractivity contribution < 1.29 is 4.79 Å². The van der Waals surface area contributed by atoms with E-state index in [1.165, 1.54) is 19.3 Å². The van der Waals surface area contributed by atoms with Gasteiger partial charge in [0.1, 0.15) is 0 Å². The molecule has 3 atom stereocenters. The number of hydrogen-bond acceptors (Lipinski definition) is 2. The number of amides is 1. The fourth-order valence-electron chi connectivity index (χ4n) is 2.05. The second kappa shape index (κ2) is 4.61. The standard InChI is InChI=1S/C10H20N2O/c1-7-3-4-8(2)9(5-7)12-6-10(11)13/h7-9,12H,3-6H2,1-2H3,(H2,11,13). The van der Waals surface area contributed by atoms with Gasteiger partial charge in [-0.25, -0.2) is 0 Å². The molecule has 3 unspecified atom stereocenters. The molecule has 0 spiro atoms. The lowest BCUT2D eigenvalue weighted by Gasteiger charge is -2.33. The van der Waals surface area contributed by atoms with Crippen molar-refractivity contribution in [3.8, 4) is 0 Å². The minimum Gasteiger partial charge on any atom is -0.369 e. The highest BCUT2D eigenvalue weighted by atomic mass is 16.1. The molecule has 3 nitrogen and oxygen atoms in total.